The lowest BCUT2D eigenvalue weighted by Crippen LogP contribution is -1.96. The Morgan fingerprint density at radius 1 is 1.29 bits per heavy atom. The van der Waals surface area contributed by atoms with Crippen LogP contribution in [0.2, 0.25) is 0 Å². The van der Waals surface area contributed by atoms with Crippen LogP contribution in [-0.2, 0) is 0 Å². The van der Waals surface area contributed by atoms with Gasteiger partial charge in [0.2, 0.25) is 5.88 Å². The van der Waals surface area contributed by atoms with Crippen molar-refractivity contribution in [2.75, 3.05) is 5.73 Å². The van der Waals surface area contributed by atoms with Gasteiger partial charge >= 0.3 is 0 Å². The summed E-state index contributed by atoms with van der Waals surface area (Å²) in [5.41, 5.74) is 5.45. The molecule has 2 N–H and O–H groups in total. The first-order valence-corrected chi connectivity index (χ1v) is 4.79. The molecule has 0 aliphatic rings. The number of nitro groups is 1. The summed E-state index contributed by atoms with van der Waals surface area (Å²) in [7, 11) is 0. The lowest BCUT2D eigenvalue weighted by atomic mass is 10.2. The van der Waals surface area contributed by atoms with Crippen LogP contribution in [0.25, 0.3) is 0 Å². The smallest absolute Gasteiger partial charge is 0.292 e. The topological polar surface area (TPSA) is 91.3 Å². The monoisotopic (exact) mass is 231 g/mol. The summed E-state index contributed by atoms with van der Waals surface area (Å²) in [6.07, 6.45) is 1.59. The predicted octanol–water partition coefficient (Wildman–Crippen LogP) is 2.36. The number of hydrogen-bond acceptors (Lipinski definition) is 5. The number of nitrogen functional groups attached to an aromatic ring is 1. The Kier molecular flexibility index (Phi) is 2.87. The van der Waals surface area contributed by atoms with Gasteiger partial charge < -0.3 is 10.5 Å². The summed E-state index contributed by atoms with van der Waals surface area (Å²) in [6, 6.07) is 9.38. The number of hydrogen-bond donors (Lipinski definition) is 1. The Morgan fingerprint density at radius 2 is 2.12 bits per heavy atom. The van der Waals surface area contributed by atoms with Crippen molar-refractivity contribution in [1.82, 2.24) is 4.98 Å². The van der Waals surface area contributed by atoms with Crippen LogP contribution in [0.3, 0.4) is 0 Å². The number of ether oxygens (including phenoxy) is 1. The maximum absolute atomic E-state index is 10.6. The highest BCUT2D eigenvalue weighted by Gasteiger charge is 2.11. The molecule has 86 valence electrons. The van der Waals surface area contributed by atoms with Gasteiger partial charge in [0.1, 0.15) is 11.4 Å². The molecule has 0 amide bonds. The molecule has 0 atom stereocenters. The highest BCUT2D eigenvalue weighted by atomic mass is 16.6. The van der Waals surface area contributed by atoms with Crippen LogP contribution in [0.4, 0.5) is 11.4 Å². The first-order chi connectivity index (χ1) is 8.16. The molecule has 0 radical (unpaired) electrons. The molecule has 0 unspecified atom stereocenters. The molecule has 2 rings (SSSR count). The predicted molar refractivity (Wildman–Crippen MR) is 61.8 cm³/mol. The number of pyridine rings is 1. The number of benzene rings is 1. The van der Waals surface area contributed by atoms with Crippen molar-refractivity contribution in [3.63, 3.8) is 0 Å². The van der Waals surface area contributed by atoms with E-state index in [0.717, 1.165) is 0 Å². The number of nitrogens with zero attached hydrogens (tertiary/aromatic N) is 2. The second-order valence-corrected chi connectivity index (χ2v) is 3.25. The van der Waals surface area contributed by atoms with Gasteiger partial charge in [0.05, 0.1) is 4.92 Å². The molecule has 1 heterocycles. The fourth-order valence-electron chi connectivity index (χ4n) is 1.29. The molecular weight excluding hydrogens is 222 g/mol. The van der Waals surface area contributed by atoms with Crippen molar-refractivity contribution >= 4 is 11.4 Å². The minimum Gasteiger partial charge on any atom is -0.439 e. The molecule has 2 aromatic rings. The average molecular weight is 231 g/mol. The van der Waals surface area contributed by atoms with Gasteiger partial charge in [-0.15, -0.1) is 0 Å². The van der Waals surface area contributed by atoms with E-state index in [0.29, 0.717) is 11.6 Å². The molecule has 0 fully saturated rings. The van der Waals surface area contributed by atoms with Crippen LogP contribution in [0.5, 0.6) is 11.6 Å². The normalized spacial score (nSPS) is 9.88. The third kappa shape index (κ3) is 2.49. The lowest BCUT2D eigenvalue weighted by Gasteiger charge is -2.04. The van der Waals surface area contributed by atoms with Crippen molar-refractivity contribution in [1.29, 1.82) is 0 Å². The maximum Gasteiger partial charge on any atom is 0.292 e. The van der Waals surface area contributed by atoms with Crippen LogP contribution in [0.1, 0.15) is 0 Å². The SMILES string of the molecule is Nc1cc(Oc2ccccn2)ccc1[N+](=O)[O-]. The Morgan fingerprint density at radius 3 is 2.71 bits per heavy atom. The second kappa shape index (κ2) is 4.48. The summed E-state index contributed by atoms with van der Waals surface area (Å²) in [5.74, 6) is 0.813. The van der Waals surface area contributed by atoms with Gasteiger partial charge in [0, 0.05) is 24.4 Å². The molecule has 0 aliphatic heterocycles. The average Bonchev–Trinajstić information content (AvgIpc) is 2.30. The van der Waals surface area contributed by atoms with E-state index in [9.17, 15) is 10.1 Å². The van der Waals surface area contributed by atoms with Crippen LogP contribution in [0, 0.1) is 10.1 Å². The zero-order valence-corrected chi connectivity index (χ0v) is 8.74. The molecule has 6 nitrogen and oxygen atoms in total. The van der Waals surface area contributed by atoms with Gasteiger partial charge in [-0.05, 0) is 12.1 Å². The molecule has 1 aromatic heterocycles. The van der Waals surface area contributed by atoms with Crippen LogP contribution in [-0.4, -0.2) is 9.91 Å². The second-order valence-electron chi connectivity index (χ2n) is 3.25. The van der Waals surface area contributed by atoms with Gasteiger partial charge in [0.15, 0.2) is 0 Å². The maximum atomic E-state index is 10.6. The zero-order valence-electron chi connectivity index (χ0n) is 8.74. The summed E-state index contributed by atoms with van der Waals surface area (Å²) >= 11 is 0. The summed E-state index contributed by atoms with van der Waals surface area (Å²) in [6.45, 7) is 0. The highest BCUT2D eigenvalue weighted by Crippen LogP contribution is 2.28. The van der Waals surface area contributed by atoms with E-state index in [2.05, 4.69) is 4.98 Å². The van der Waals surface area contributed by atoms with Gasteiger partial charge in [-0.25, -0.2) is 4.98 Å². The van der Waals surface area contributed by atoms with Crippen LogP contribution in [0.15, 0.2) is 42.6 Å². The van der Waals surface area contributed by atoms with E-state index in [4.69, 9.17) is 10.5 Å². The van der Waals surface area contributed by atoms with E-state index < -0.39 is 4.92 Å². The minimum atomic E-state index is -0.542. The number of aromatic nitrogens is 1. The van der Waals surface area contributed by atoms with E-state index in [1.807, 2.05) is 0 Å². The number of rotatable bonds is 3. The molecule has 0 saturated heterocycles. The lowest BCUT2D eigenvalue weighted by molar-refractivity contribution is -0.383. The van der Waals surface area contributed by atoms with Gasteiger partial charge in [-0.1, -0.05) is 6.07 Å². The van der Waals surface area contributed by atoms with E-state index in [-0.39, 0.29) is 11.4 Å². The molecular formula is C11H9N3O3. The Balaban J connectivity index is 2.24. The molecule has 0 saturated carbocycles. The van der Waals surface area contributed by atoms with Crippen molar-refractivity contribution in [3.8, 4) is 11.6 Å². The van der Waals surface area contributed by atoms with E-state index in [1.54, 1.807) is 24.4 Å². The highest BCUT2D eigenvalue weighted by molar-refractivity contribution is 5.61. The fourth-order valence-corrected chi connectivity index (χ4v) is 1.29. The molecule has 1 aromatic carbocycles. The van der Waals surface area contributed by atoms with Crippen molar-refractivity contribution in [3.05, 3.63) is 52.7 Å². The number of nitrogens with two attached hydrogens (primary N) is 1. The third-order valence-electron chi connectivity index (χ3n) is 2.06. The fraction of sp³-hybridized carbons (Fsp3) is 0. The molecule has 6 heteroatoms. The van der Waals surface area contributed by atoms with E-state index in [1.165, 1.54) is 18.2 Å². The van der Waals surface area contributed by atoms with Gasteiger partial charge in [0.25, 0.3) is 5.69 Å². The summed E-state index contributed by atoms with van der Waals surface area (Å²) < 4.78 is 5.38. The Labute approximate surface area is 96.8 Å². The zero-order chi connectivity index (χ0) is 12.3. The number of anilines is 1. The van der Waals surface area contributed by atoms with Crippen LogP contribution < -0.4 is 10.5 Å². The van der Waals surface area contributed by atoms with Gasteiger partial charge in [-0.3, -0.25) is 10.1 Å². The summed E-state index contributed by atoms with van der Waals surface area (Å²) in [5, 5.41) is 10.6. The van der Waals surface area contributed by atoms with Crippen molar-refractivity contribution in [2.24, 2.45) is 0 Å². The van der Waals surface area contributed by atoms with Crippen molar-refractivity contribution in [2.45, 2.75) is 0 Å². The Bertz CT molecular complexity index is 543. The third-order valence-corrected chi connectivity index (χ3v) is 2.06. The standard InChI is InChI=1S/C11H9N3O3/c12-9-7-8(4-5-10(9)14(15)16)17-11-3-1-2-6-13-11/h1-7H,12H2. The first-order valence-electron chi connectivity index (χ1n) is 4.79. The van der Waals surface area contributed by atoms with Crippen LogP contribution >= 0.6 is 0 Å². The number of nitro benzene ring substituents is 1. The molecule has 0 aliphatic carbocycles. The van der Waals surface area contributed by atoms with Gasteiger partial charge in [-0.2, -0.15) is 0 Å². The largest absolute Gasteiger partial charge is 0.439 e. The minimum absolute atomic E-state index is 0.0587. The van der Waals surface area contributed by atoms with E-state index >= 15 is 0 Å². The summed E-state index contributed by atoms with van der Waals surface area (Å²) in [4.78, 5) is 14.0. The molecule has 17 heavy (non-hydrogen) atoms. The first kappa shape index (κ1) is 10.9. The molecule has 0 spiro atoms. The van der Waals surface area contributed by atoms with Crippen molar-refractivity contribution < 1.29 is 9.66 Å². The Hall–Kier alpha value is -2.63. The quantitative estimate of drug-likeness (QED) is 0.497. The molecule has 0 bridgehead atoms.